The van der Waals surface area contributed by atoms with Crippen LogP contribution in [0.2, 0.25) is 0 Å². The number of carbonyl (C=O) groups is 2. The maximum Gasteiger partial charge on any atom is 0.414 e. The van der Waals surface area contributed by atoms with E-state index in [4.69, 9.17) is 29.3 Å². The largest absolute Gasteiger partial charge is 0.492 e. The summed E-state index contributed by atoms with van der Waals surface area (Å²) in [6.07, 6.45) is 3.77. The van der Waals surface area contributed by atoms with Gasteiger partial charge in [0.05, 0.1) is 0 Å². The van der Waals surface area contributed by atoms with Crippen LogP contribution in [0.5, 0.6) is 17.2 Å². The van der Waals surface area contributed by atoms with E-state index >= 15 is 0 Å². The fourth-order valence-electron chi connectivity index (χ4n) is 2.17. The van der Waals surface area contributed by atoms with Gasteiger partial charge in [-0.15, -0.1) is 13.2 Å². The van der Waals surface area contributed by atoms with Crippen LogP contribution in [0.15, 0.2) is 79.9 Å². The number of ether oxygens (including phenoxy) is 2. The first-order valence-corrected chi connectivity index (χ1v) is 8.82. The van der Waals surface area contributed by atoms with Crippen LogP contribution in [-0.4, -0.2) is 53.3 Å². The number of rotatable bonds is 10. The third kappa shape index (κ3) is 10.4. The third-order valence-corrected chi connectivity index (χ3v) is 3.42. The molecule has 0 aliphatic heterocycles. The van der Waals surface area contributed by atoms with Crippen molar-refractivity contribution in [2.45, 2.75) is 0 Å². The molecule has 7 nitrogen and oxygen atoms in total. The molecule has 2 aromatic rings. The van der Waals surface area contributed by atoms with Gasteiger partial charge in [0.1, 0.15) is 23.9 Å². The number of hydrogen-bond acceptors (Lipinski definition) is 5. The summed E-state index contributed by atoms with van der Waals surface area (Å²) >= 11 is 0. The second kappa shape index (κ2) is 13.6. The normalized spacial score (nSPS) is 9.69. The topological polar surface area (TPSA) is 96.3 Å². The average molecular weight is 399 g/mol. The molecule has 0 amide bonds. The van der Waals surface area contributed by atoms with Crippen LogP contribution >= 0.6 is 0 Å². The molecule has 2 rings (SSSR count). The number of nitrogens with zero attached hydrogens (tertiary/aromatic N) is 1. The van der Waals surface area contributed by atoms with Crippen molar-refractivity contribution in [2.75, 3.05) is 26.2 Å². The van der Waals surface area contributed by atoms with E-state index in [1.54, 1.807) is 0 Å². The van der Waals surface area contributed by atoms with E-state index in [1.165, 1.54) is 0 Å². The van der Waals surface area contributed by atoms with Crippen molar-refractivity contribution >= 4 is 11.9 Å². The minimum absolute atomic E-state index is 0.608. The molecule has 0 fully saturated rings. The molecule has 2 N–H and O–H groups in total. The first-order chi connectivity index (χ1) is 14.0. The van der Waals surface area contributed by atoms with Crippen molar-refractivity contribution in [2.24, 2.45) is 0 Å². The molecule has 7 heteroatoms. The number of para-hydroxylation sites is 1. The molecular formula is C22H25NO6. The Bertz CT molecular complexity index is 769. The Morgan fingerprint density at radius 2 is 1.41 bits per heavy atom. The van der Waals surface area contributed by atoms with Gasteiger partial charge >= 0.3 is 11.9 Å². The Labute approximate surface area is 170 Å². The minimum atomic E-state index is -1.82. The molecule has 0 saturated carbocycles. The Balaban J connectivity index is 0.000000612. The highest BCUT2D eigenvalue weighted by Crippen LogP contribution is 2.24. The Hall–Kier alpha value is -3.58. The summed E-state index contributed by atoms with van der Waals surface area (Å²) in [5.74, 6) is -1.27. The quantitative estimate of drug-likeness (QED) is 0.465. The Morgan fingerprint density at radius 3 is 1.97 bits per heavy atom. The number of aliphatic carboxylic acids is 2. The molecule has 0 aromatic heterocycles. The van der Waals surface area contributed by atoms with E-state index in [0.29, 0.717) is 6.61 Å². The van der Waals surface area contributed by atoms with Gasteiger partial charge in [0, 0.05) is 25.7 Å². The number of hydrogen-bond donors (Lipinski definition) is 2. The lowest BCUT2D eigenvalue weighted by Gasteiger charge is -2.18. The highest BCUT2D eigenvalue weighted by molar-refractivity contribution is 6.27. The van der Waals surface area contributed by atoms with Gasteiger partial charge in [-0.1, -0.05) is 36.4 Å². The van der Waals surface area contributed by atoms with E-state index in [9.17, 15) is 0 Å². The van der Waals surface area contributed by atoms with Crippen molar-refractivity contribution in [1.82, 2.24) is 4.90 Å². The van der Waals surface area contributed by atoms with Crippen LogP contribution in [0.25, 0.3) is 0 Å². The summed E-state index contributed by atoms with van der Waals surface area (Å²) in [6.45, 7) is 10.6. The highest BCUT2D eigenvalue weighted by atomic mass is 16.5. The van der Waals surface area contributed by atoms with Gasteiger partial charge in [0.25, 0.3) is 0 Å². The van der Waals surface area contributed by atoms with Crippen LogP contribution in [-0.2, 0) is 9.59 Å². The predicted octanol–water partition coefficient (Wildman–Crippen LogP) is 3.69. The van der Waals surface area contributed by atoms with Crippen LogP contribution in [0.3, 0.4) is 0 Å². The van der Waals surface area contributed by atoms with Gasteiger partial charge in [0.15, 0.2) is 0 Å². The zero-order chi connectivity index (χ0) is 21.5. The molecule has 0 atom stereocenters. The first-order valence-electron chi connectivity index (χ1n) is 8.82. The molecule has 0 unspecified atom stereocenters. The van der Waals surface area contributed by atoms with Gasteiger partial charge < -0.3 is 19.7 Å². The summed E-state index contributed by atoms with van der Waals surface area (Å²) in [6, 6.07) is 17.4. The molecule has 29 heavy (non-hydrogen) atoms. The number of carboxylic acids is 2. The van der Waals surface area contributed by atoms with Crippen molar-refractivity contribution in [1.29, 1.82) is 0 Å². The zero-order valence-corrected chi connectivity index (χ0v) is 16.1. The number of benzene rings is 2. The monoisotopic (exact) mass is 399 g/mol. The standard InChI is InChI=1S/C20H23NO2.C2H2O4/c1-3-13-21(14-4-2)15-16-22-19-11-8-12-20(17-19)23-18-9-6-5-7-10-18;3-1(4)2(5)6/h3-12,17H,1-2,13-16H2;(H,3,4)(H,5,6). The summed E-state index contributed by atoms with van der Waals surface area (Å²) < 4.78 is 11.6. The molecular weight excluding hydrogens is 374 g/mol. The fourth-order valence-corrected chi connectivity index (χ4v) is 2.17. The molecule has 0 aliphatic carbocycles. The van der Waals surface area contributed by atoms with Crippen LogP contribution in [0.4, 0.5) is 0 Å². The summed E-state index contributed by atoms with van der Waals surface area (Å²) in [5, 5.41) is 14.8. The van der Waals surface area contributed by atoms with E-state index < -0.39 is 11.9 Å². The highest BCUT2D eigenvalue weighted by Gasteiger charge is 2.04. The maximum atomic E-state index is 9.10. The fraction of sp³-hybridized carbons (Fsp3) is 0.182. The van der Waals surface area contributed by atoms with E-state index in [0.717, 1.165) is 36.9 Å². The van der Waals surface area contributed by atoms with Crippen LogP contribution < -0.4 is 9.47 Å². The molecule has 0 heterocycles. The summed E-state index contributed by atoms with van der Waals surface area (Å²) in [7, 11) is 0. The first kappa shape index (κ1) is 23.5. The van der Waals surface area contributed by atoms with Crippen molar-refractivity contribution in [3.63, 3.8) is 0 Å². The van der Waals surface area contributed by atoms with Crippen LogP contribution in [0.1, 0.15) is 0 Å². The lowest BCUT2D eigenvalue weighted by Crippen LogP contribution is -2.28. The van der Waals surface area contributed by atoms with Crippen LogP contribution in [0, 0.1) is 0 Å². The molecule has 0 aliphatic rings. The number of carboxylic acid groups (broad SMARTS) is 2. The smallest absolute Gasteiger partial charge is 0.414 e. The van der Waals surface area contributed by atoms with Gasteiger partial charge in [-0.3, -0.25) is 4.90 Å². The second-order valence-electron chi connectivity index (χ2n) is 5.69. The predicted molar refractivity (Wildman–Crippen MR) is 111 cm³/mol. The van der Waals surface area contributed by atoms with E-state index in [-0.39, 0.29) is 0 Å². The molecule has 0 bridgehead atoms. The molecule has 0 radical (unpaired) electrons. The summed E-state index contributed by atoms with van der Waals surface area (Å²) in [5.41, 5.74) is 0. The van der Waals surface area contributed by atoms with Gasteiger partial charge in [-0.05, 0) is 24.3 Å². The second-order valence-corrected chi connectivity index (χ2v) is 5.69. The van der Waals surface area contributed by atoms with Crippen molar-refractivity contribution in [3.8, 4) is 17.2 Å². The Kier molecular flexibility index (Phi) is 11.0. The Morgan fingerprint density at radius 1 is 0.862 bits per heavy atom. The van der Waals surface area contributed by atoms with E-state index in [1.807, 2.05) is 66.7 Å². The van der Waals surface area contributed by atoms with Crippen molar-refractivity contribution in [3.05, 3.63) is 79.9 Å². The van der Waals surface area contributed by atoms with Gasteiger partial charge in [-0.2, -0.15) is 0 Å². The average Bonchev–Trinajstić information content (AvgIpc) is 2.70. The van der Waals surface area contributed by atoms with Crippen molar-refractivity contribution < 1.29 is 29.3 Å². The lowest BCUT2D eigenvalue weighted by molar-refractivity contribution is -0.159. The molecule has 154 valence electrons. The maximum absolute atomic E-state index is 9.10. The SMILES string of the molecule is C=CCN(CC=C)CCOc1cccc(Oc2ccccc2)c1.O=C(O)C(=O)O. The van der Waals surface area contributed by atoms with E-state index in [2.05, 4.69) is 18.1 Å². The third-order valence-electron chi connectivity index (χ3n) is 3.42. The summed E-state index contributed by atoms with van der Waals surface area (Å²) in [4.78, 5) is 20.4. The van der Waals surface area contributed by atoms with Gasteiger partial charge in [0.2, 0.25) is 0 Å². The lowest BCUT2D eigenvalue weighted by atomic mass is 10.3. The molecule has 2 aromatic carbocycles. The zero-order valence-electron chi connectivity index (χ0n) is 16.1. The molecule has 0 saturated heterocycles. The van der Waals surface area contributed by atoms with Gasteiger partial charge in [-0.25, -0.2) is 9.59 Å². The molecule has 0 spiro atoms. The minimum Gasteiger partial charge on any atom is -0.492 e.